The maximum atomic E-state index is 13.4. The monoisotopic (exact) mass is 486 g/mol. The number of hydrogen-bond donors (Lipinski definition) is 3. The SMILES string of the molecule is C=Cc1cccc(C(Nc2ccc3c(N)nccc3c2)C(=O)NCc2ccccc2S(C)(=O)=O)c1. The van der Waals surface area contributed by atoms with Gasteiger partial charge in [0.2, 0.25) is 5.91 Å². The third-order valence-electron chi connectivity index (χ3n) is 5.67. The van der Waals surface area contributed by atoms with Gasteiger partial charge in [-0.1, -0.05) is 49.1 Å². The van der Waals surface area contributed by atoms with Crippen molar-refractivity contribution in [2.75, 3.05) is 17.3 Å². The lowest BCUT2D eigenvalue weighted by Crippen LogP contribution is -2.33. The van der Waals surface area contributed by atoms with Gasteiger partial charge in [-0.2, -0.15) is 0 Å². The normalized spacial score (nSPS) is 12.1. The van der Waals surface area contributed by atoms with Crippen LogP contribution < -0.4 is 16.4 Å². The Bertz CT molecular complexity index is 1520. The Kier molecular flexibility index (Phi) is 6.84. The zero-order chi connectivity index (χ0) is 25.0. The summed E-state index contributed by atoms with van der Waals surface area (Å²) < 4.78 is 24.3. The number of amides is 1. The number of nitrogens with zero attached hydrogens (tertiary/aromatic N) is 1. The predicted octanol–water partition coefficient (Wildman–Crippen LogP) is 4.33. The second-order valence-electron chi connectivity index (χ2n) is 8.18. The molecule has 8 heteroatoms. The van der Waals surface area contributed by atoms with Gasteiger partial charge in [0.15, 0.2) is 9.84 Å². The number of nitrogens with one attached hydrogen (secondary N) is 2. The van der Waals surface area contributed by atoms with Crippen LogP contribution in [-0.4, -0.2) is 25.6 Å². The molecule has 35 heavy (non-hydrogen) atoms. The second kappa shape index (κ2) is 9.99. The fourth-order valence-electron chi connectivity index (χ4n) is 3.92. The van der Waals surface area contributed by atoms with Crippen LogP contribution in [0.25, 0.3) is 16.8 Å². The summed E-state index contributed by atoms with van der Waals surface area (Å²) in [4.78, 5) is 17.7. The minimum absolute atomic E-state index is 0.0708. The molecule has 0 spiro atoms. The molecule has 0 aliphatic heterocycles. The molecule has 1 heterocycles. The van der Waals surface area contributed by atoms with Crippen LogP contribution in [0.2, 0.25) is 0 Å². The van der Waals surface area contributed by atoms with Crippen molar-refractivity contribution in [2.45, 2.75) is 17.5 Å². The van der Waals surface area contributed by atoms with Gasteiger partial charge in [0.05, 0.1) is 4.90 Å². The first-order valence-electron chi connectivity index (χ1n) is 10.9. The average Bonchev–Trinajstić information content (AvgIpc) is 2.85. The largest absolute Gasteiger partial charge is 0.383 e. The molecule has 1 amide bonds. The number of benzene rings is 3. The van der Waals surface area contributed by atoms with Crippen molar-refractivity contribution in [3.05, 3.63) is 102 Å². The molecule has 4 rings (SSSR count). The maximum Gasteiger partial charge on any atom is 0.247 e. The molecular formula is C27H26N4O3S. The van der Waals surface area contributed by atoms with Crippen LogP contribution >= 0.6 is 0 Å². The van der Waals surface area contributed by atoms with E-state index in [4.69, 9.17) is 5.73 Å². The molecule has 0 fully saturated rings. The van der Waals surface area contributed by atoms with Crippen molar-refractivity contribution in [1.82, 2.24) is 10.3 Å². The second-order valence-corrected chi connectivity index (χ2v) is 10.2. The van der Waals surface area contributed by atoms with Crippen molar-refractivity contribution in [2.24, 2.45) is 0 Å². The van der Waals surface area contributed by atoms with Crippen molar-refractivity contribution in [3.8, 4) is 0 Å². The van der Waals surface area contributed by atoms with Crippen LogP contribution in [-0.2, 0) is 21.2 Å². The predicted molar refractivity (Wildman–Crippen MR) is 140 cm³/mol. The number of aromatic nitrogens is 1. The van der Waals surface area contributed by atoms with Gasteiger partial charge in [0.25, 0.3) is 0 Å². The first-order valence-corrected chi connectivity index (χ1v) is 12.8. The Labute approximate surface area is 204 Å². The maximum absolute atomic E-state index is 13.4. The van der Waals surface area contributed by atoms with E-state index in [-0.39, 0.29) is 17.3 Å². The molecule has 3 aromatic carbocycles. The molecule has 1 unspecified atom stereocenters. The molecule has 4 N–H and O–H groups in total. The zero-order valence-electron chi connectivity index (χ0n) is 19.2. The van der Waals surface area contributed by atoms with Crippen LogP contribution in [0.5, 0.6) is 0 Å². The summed E-state index contributed by atoms with van der Waals surface area (Å²) in [7, 11) is -3.43. The van der Waals surface area contributed by atoms with E-state index >= 15 is 0 Å². The highest BCUT2D eigenvalue weighted by molar-refractivity contribution is 7.90. The number of pyridine rings is 1. The van der Waals surface area contributed by atoms with E-state index in [0.717, 1.165) is 33.8 Å². The lowest BCUT2D eigenvalue weighted by molar-refractivity contribution is -0.122. The van der Waals surface area contributed by atoms with Gasteiger partial charge in [0.1, 0.15) is 11.9 Å². The summed E-state index contributed by atoms with van der Waals surface area (Å²) >= 11 is 0. The van der Waals surface area contributed by atoms with E-state index in [1.54, 1.807) is 30.5 Å². The van der Waals surface area contributed by atoms with Gasteiger partial charge in [-0.05, 0) is 58.5 Å². The van der Waals surface area contributed by atoms with Crippen LogP contribution in [0, 0.1) is 0 Å². The van der Waals surface area contributed by atoms with E-state index in [2.05, 4.69) is 22.2 Å². The summed E-state index contributed by atoms with van der Waals surface area (Å²) in [6, 6.07) is 20.9. The minimum atomic E-state index is -3.43. The Morgan fingerprint density at radius 1 is 1.09 bits per heavy atom. The lowest BCUT2D eigenvalue weighted by atomic mass is 10.0. The van der Waals surface area contributed by atoms with Gasteiger partial charge in [-0.25, -0.2) is 13.4 Å². The number of anilines is 2. The molecule has 0 aliphatic carbocycles. The molecular weight excluding hydrogens is 460 g/mol. The molecule has 0 bridgehead atoms. The summed E-state index contributed by atoms with van der Waals surface area (Å²) in [5.74, 6) is 0.135. The van der Waals surface area contributed by atoms with Crippen molar-refractivity contribution < 1.29 is 13.2 Å². The highest BCUT2D eigenvalue weighted by Crippen LogP contribution is 2.27. The van der Waals surface area contributed by atoms with Gasteiger partial charge in [-0.15, -0.1) is 0 Å². The highest BCUT2D eigenvalue weighted by Gasteiger charge is 2.22. The van der Waals surface area contributed by atoms with E-state index in [0.29, 0.717) is 11.4 Å². The number of hydrogen-bond acceptors (Lipinski definition) is 6. The standard InChI is InChI=1S/C27H26N4O3S/c1-3-18-7-6-9-20(15-18)25(31-22-11-12-23-19(16-22)13-14-29-26(23)28)27(32)30-17-21-8-4-5-10-24(21)35(2,33)34/h3-16,25,31H,1,17H2,2H3,(H2,28,29)(H,30,32). The molecule has 7 nitrogen and oxygen atoms in total. The molecule has 0 saturated heterocycles. The molecule has 0 aliphatic rings. The van der Waals surface area contributed by atoms with Gasteiger partial charge in [0, 0.05) is 30.1 Å². The molecule has 0 radical (unpaired) electrons. The van der Waals surface area contributed by atoms with E-state index in [9.17, 15) is 13.2 Å². The Balaban J connectivity index is 1.65. The highest BCUT2D eigenvalue weighted by atomic mass is 32.2. The third kappa shape index (κ3) is 5.50. The van der Waals surface area contributed by atoms with E-state index in [1.165, 1.54) is 6.07 Å². The summed E-state index contributed by atoms with van der Waals surface area (Å²) in [5, 5.41) is 7.92. The smallest absolute Gasteiger partial charge is 0.247 e. The van der Waals surface area contributed by atoms with Crippen molar-refractivity contribution in [3.63, 3.8) is 0 Å². The van der Waals surface area contributed by atoms with E-state index in [1.807, 2.05) is 48.5 Å². The molecule has 0 saturated carbocycles. The molecule has 4 aromatic rings. The average molecular weight is 487 g/mol. The number of nitrogens with two attached hydrogens (primary N) is 1. The lowest BCUT2D eigenvalue weighted by Gasteiger charge is -2.21. The van der Waals surface area contributed by atoms with Gasteiger partial charge < -0.3 is 16.4 Å². The van der Waals surface area contributed by atoms with Crippen LogP contribution in [0.15, 0.2) is 90.5 Å². The number of sulfone groups is 1. The summed E-state index contributed by atoms with van der Waals surface area (Å²) in [6.45, 7) is 3.89. The molecule has 1 aromatic heterocycles. The minimum Gasteiger partial charge on any atom is -0.383 e. The fourth-order valence-corrected chi connectivity index (χ4v) is 4.86. The summed E-state index contributed by atoms with van der Waals surface area (Å²) in [6.07, 6.45) is 4.51. The third-order valence-corrected chi connectivity index (χ3v) is 6.87. The Hall–Kier alpha value is -4.17. The Morgan fingerprint density at radius 3 is 2.66 bits per heavy atom. The van der Waals surface area contributed by atoms with Crippen LogP contribution in [0.1, 0.15) is 22.7 Å². The number of nitrogen functional groups attached to an aromatic ring is 1. The molecule has 1 atom stereocenters. The first-order chi connectivity index (χ1) is 16.8. The summed E-state index contributed by atoms with van der Waals surface area (Å²) in [5.41, 5.74) is 8.84. The molecule has 178 valence electrons. The zero-order valence-corrected chi connectivity index (χ0v) is 20.0. The van der Waals surface area contributed by atoms with E-state index < -0.39 is 15.9 Å². The number of rotatable bonds is 8. The van der Waals surface area contributed by atoms with Crippen molar-refractivity contribution >= 4 is 44.1 Å². The first kappa shape index (κ1) is 24.0. The topological polar surface area (TPSA) is 114 Å². The number of carbonyl (C=O) groups is 1. The van der Waals surface area contributed by atoms with Crippen LogP contribution in [0.4, 0.5) is 11.5 Å². The van der Waals surface area contributed by atoms with Crippen molar-refractivity contribution in [1.29, 1.82) is 0 Å². The number of carbonyl (C=O) groups excluding carboxylic acids is 1. The van der Waals surface area contributed by atoms with Gasteiger partial charge >= 0.3 is 0 Å². The quantitative estimate of drug-likeness (QED) is 0.342. The number of fused-ring (bicyclic) bond motifs is 1. The van der Waals surface area contributed by atoms with Crippen LogP contribution in [0.3, 0.4) is 0 Å². The fraction of sp³-hybridized carbons (Fsp3) is 0.111. The Morgan fingerprint density at radius 2 is 1.89 bits per heavy atom. The van der Waals surface area contributed by atoms with Gasteiger partial charge in [-0.3, -0.25) is 4.79 Å².